The van der Waals surface area contributed by atoms with Gasteiger partial charge in [-0.3, -0.25) is 9.59 Å². The second kappa shape index (κ2) is 7.94. The molecule has 0 aliphatic carbocycles. The number of methoxy groups -OCH3 is 1. The SMILES string of the molecule is COC(=O)CCCN(C)C(=O)Cc1ccc(Br)cc1. The van der Waals surface area contributed by atoms with Gasteiger partial charge < -0.3 is 9.64 Å². The lowest BCUT2D eigenvalue weighted by atomic mass is 10.1. The summed E-state index contributed by atoms with van der Waals surface area (Å²) >= 11 is 3.36. The van der Waals surface area contributed by atoms with Gasteiger partial charge in [0.15, 0.2) is 0 Å². The standard InChI is InChI=1S/C14H18BrNO3/c1-16(9-3-4-14(18)19-2)13(17)10-11-5-7-12(15)8-6-11/h5-8H,3-4,9-10H2,1-2H3. The highest BCUT2D eigenvalue weighted by Crippen LogP contribution is 2.11. The first kappa shape index (κ1) is 15.7. The Balaban J connectivity index is 2.36. The van der Waals surface area contributed by atoms with E-state index in [0.29, 0.717) is 25.8 Å². The number of carbonyl (C=O) groups is 2. The van der Waals surface area contributed by atoms with Crippen LogP contribution in [0.4, 0.5) is 0 Å². The van der Waals surface area contributed by atoms with Gasteiger partial charge in [-0.25, -0.2) is 0 Å². The first-order chi connectivity index (χ1) is 9.02. The number of esters is 1. The molecule has 0 atom stereocenters. The molecular formula is C14H18BrNO3. The molecule has 1 aromatic carbocycles. The van der Waals surface area contributed by atoms with E-state index < -0.39 is 0 Å². The Kier molecular flexibility index (Phi) is 6.56. The number of carbonyl (C=O) groups excluding carboxylic acids is 2. The molecule has 0 aliphatic heterocycles. The fraction of sp³-hybridized carbons (Fsp3) is 0.429. The predicted octanol–water partition coefficient (Wildman–Crippen LogP) is 2.40. The van der Waals surface area contributed by atoms with Crippen LogP contribution in [0, 0.1) is 0 Å². The average Bonchev–Trinajstić information content (AvgIpc) is 2.40. The number of amides is 1. The van der Waals surface area contributed by atoms with Crippen molar-refractivity contribution in [2.24, 2.45) is 0 Å². The zero-order chi connectivity index (χ0) is 14.3. The molecule has 0 aliphatic rings. The smallest absolute Gasteiger partial charge is 0.305 e. The molecule has 0 fully saturated rings. The van der Waals surface area contributed by atoms with Crippen LogP contribution in [0.3, 0.4) is 0 Å². The predicted molar refractivity (Wildman–Crippen MR) is 76.7 cm³/mol. The van der Waals surface area contributed by atoms with Gasteiger partial charge in [0.1, 0.15) is 0 Å². The fourth-order valence-corrected chi connectivity index (χ4v) is 1.86. The Labute approximate surface area is 121 Å². The number of rotatable bonds is 6. The summed E-state index contributed by atoms with van der Waals surface area (Å²) < 4.78 is 5.55. The molecule has 0 bridgehead atoms. The molecule has 104 valence electrons. The molecular weight excluding hydrogens is 310 g/mol. The maximum atomic E-state index is 11.9. The molecule has 0 N–H and O–H groups in total. The van der Waals surface area contributed by atoms with Crippen LogP contribution in [0.2, 0.25) is 0 Å². The van der Waals surface area contributed by atoms with Crippen molar-refractivity contribution in [1.82, 2.24) is 4.90 Å². The summed E-state index contributed by atoms with van der Waals surface area (Å²) in [4.78, 5) is 24.5. The summed E-state index contributed by atoms with van der Waals surface area (Å²) in [6.45, 7) is 0.560. The van der Waals surface area contributed by atoms with Crippen LogP contribution in [0.5, 0.6) is 0 Å². The van der Waals surface area contributed by atoms with Crippen LogP contribution < -0.4 is 0 Å². The van der Waals surface area contributed by atoms with E-state index in [1.807, 2.05) is 24.3 Å². The van der Waals surface area contributed by atoms with Crippen LogP contribution in [-0.4, -0.2) is 37.5 Å². The molecule has 0 unspecified atom stereocenters. The van der Waals surface area contributed by atoms with Gasteiger partial charge in [0, 0.05) is 24.5 Å². The lowest BCUT2D eigenvalue weighted by Crippen LogP contribution is -2.29. The Morgan fingerprint density at radius 1 is 1.26 bits per heavy atom. The van der Waals surface area contributed by atoms with Crippen LogP contribution in [0.15, 0.2) is 28.7 Å². The van der Waals surface area contributed by atoms with Crippen LogP contribution >= 0.6 is 15.9 Å². The summed E-state index contributed by atoms with van der Waals surface area (Å²) in [6, 6.07) is 7.67. The molecule has 0 saturated carbocycles. The van der Waals surface area contributed by atoms with Gasteiger partial charge in [-0.05, 0) is 24.1 Å². The van der Waals surface area contributed by atoms with Gasteiger partial charge in [0.05, 0.1) is 13.5 Å². The number of likely N-dealkylation sites (N-methyl/N-ethyl adjacent to an activating group) is 1. The fourth-order valence-electron chi connectivity index (χ4n) is 1.60. The minimum absolute atomic E-state index is 0.0483. The first-order valence-corrected chi connectivity index (χ1v) is 6.87. The molecule has 0 heterocycles. The largest absolute Gasteiger partial charge is 0.469 e. The zero-order valence-corrected chi connectivity index (χ0v) is 12.8. The van der Waals surface area contributed by atoms with E-state index in [4.69, 9.17) is 0 Å². The number of hydrogen-bond donors (Lipinski definition) is 0. The minimum atomic E-state index is -0.242. The van der Waals surface area contributed by atoms with E-state index in [-0.39, 0.29) is 11.9 Å². The highest BCUT2D eigenvalue weighted by Gasteiger charge is 2.10. The van der Waals surface area contributed by atoms with E-state index in [1.165, 1.54) is 7.11 Å². The lowest BCUT2D eigenvalue weighted by molar-refractivity contribution is -0.141. The molecule has 1 aromatic rings. The number of ether oxygens (including phenoxy) is 1. The van der Waals surface area contributed by atoms with Crippen molar-refractivity contribution in [2.45, 2.75) is 19.3 Å². The zero-order valence-electron chi connectivity index (χ0n) is 11.2. The maximum absolute atomic E-state index is 11.9. The average molecular weight is 328 g/mol. The summed E-state index contributed by atoms with van der Waals surface area (Å²) in [6.07, 6.45) is 1.34. The lowest BCUT2D eigenvalue weighted by Gasteiger charge is -2.16. The van der Waals surface area contributed by atoms with E-state index in [9.17, 15) is 9.59 Å². The van der Waals surface area contributed by atoms with Crippen molar-refractivity contribution >= 4 is 27.8 Å². The van der Waals surface area contributed by atoms with Gasteiger partial charge in [-0.15, -0.1) is 0 Å². The van der Waals surface area contributed by atoms with Crippen molar-refractivity contribution < 1.29 is 14.3 Å². The van der Waals surface area contributed by atoms with Crippen LogP contribution in [-0.2, 0) is 20.7 Å². The Morgan fingerprint density at radius 2 is 1.89 bits per heavy atom. The Morgan fingerprint density at radius 3 is 2.47 bits per heavy atom. The molecule has 1 rings (SSSR count). The number of halogens is 1. The van der Waals surface area contributed by atoms with Crippen molar-refractivity contribution in [2.75, 3.05) is 20.7 Å². The summed E-state index contributed by atoms with van der Waals surface area (Å²) in [7, 11) is 3.11. The maximum Gasteiger partial charge on any atom is 0.305 e. The third-order valence-electron chi connectivity index (χ3n) is 2.80. The molecule has 4 nitrogen and oxygen atoms in total. The van der Waals surface area contributed by atoms with Gasteiger partial charge in [-0.1, -0.05) is 28.1 Å². The first-order valence-electron chi connectivity index (χ1n) is 6.08. The van der Waals surface area contributed by atoms with Crippen molar-refractivity contribution in [3.8, 4) is 0 Å². The highest BCUT2D eigenvalue weighted by atomic mass is 79.9. The molecule has 0 aromatic heterocycles. The molecule has 1 amide bonds. The van der Waals surface area contributed by atoms with Crippen molar-refractivity contribution in [1.29, 1.82) is 0 Å². The number of hydrogen-bond acceptors (Lipinski definition) is 3. The van der Waals surface area contributed by atoms with E-state index in [0.717, 1.165) is 10.0 Å². The Hall–Kier alpha value is -1.36. The highest BCUT2D eigenvalue weighted by molar-refractivity contribution is 9.10. The summed E-state index contributed by atoms with van der Waals surface area (Å²) in [5, 5.41) is 0. The topological polar surface area (TPSA) is 46.6 Å². The number of nitrogens with zero attached hydrogens (tertiary/aromatic N) is 1. The van der Waals surface area contributed by atoms with Crippen LogP contribution in [0.25, 0.3) is 0 Å². The van der Waals surface area contributed by atoms with Crippen molar-refractivity contribution in [3.63, 3.8) is 0 Å². The molecule has 5 heteroatoms. The third-order valence-corrected chi connectivity index (χ3v) is 3.33. The third kappa shape index (κ3) is 5.87. The summed E-state index contributed by atoms with van der Waals surface area (Å²) in [5.74, 6) is -0.194. The van der Waals surface area contributed by atoms with E-state index >= 15 is 0 Å². The van der Waals surface area contributed by atoms with E-state index in [1.54, 1.807) is 11.9 Å². The van der Waals surface area contributed by atoms with Crippen molar-refractivity contribution in [3.05, 3.63) is 34.3 Å². The van der Waals surface area contributed by atoms with Gasteiger partial charge in [0.25, 0.3) is 0 Å². The van der Waals surface area contributed by atoms with Gasteiger partial charge in [-0.2, -0.15) is 0 Å². The summed E-state index contributed by atoms with van der Waals surface area (Å²) in [5.41, 5.74) is 0.980. The Bertz CT molecular complexity index is 431. The van der Waals surface area contributed by atoms with Crippen LogP contribution in [0.1, 0.15) is 18.4 Å². The monoisotopic (exact) mass is 327 g/mol. The van der Waals surface area contributed by atoms with Gasteiger partial charge in [0.2, 0.25) is 5.91 Å². The minimum Gasteiger partial charge on any atom is -0.469 e. The second-order valence-corrected chi connectivity index (χ2v) is 5.21. The molecule has 0 spiro atoms. The normalized spacial score (nSPS) is 10.1. The molecule has 0 radical (unpaired) electrons. The second-order valence-electron chi connectivity index (χ2n) is 4.30. The molecule has 19 heavy (non-hydrogen) atoms. The van der Waals surface area contributed by atoms with E-state index in [2.05, 4.69) is 20.7 Å². The van der Waals surface area contributed by atoms with Gasteiger partial charge >= 0.3 is 5.97 Å². The molecule has 0 saturated heterocycles. The number of benzene rings is 1. The quantitative estimate of drug-likeness (QED) is 0.754.